The van der Waals surface area contributed by atoms with Crippen LogP contribution in [0.4, 0.5) is 19.0 Å². The van der Waals surface area contributed by atoms with Crippen LogP contribution in [0, 0.1) is 0 Å². The predicted octanol–water partition coefficient (Wildman–Crippen LogP) is 4.27. The molecule has 2 aromatic heterocycles. The Kier molecular flexibility index (Phi) is 4.88. The summed E-state index contributed by atoms with van der Waals surface area (Å²) in [6, 6.07) is 7.37. The molecule has 6 nitrogen and oxygen atoms in total. The van der Waals surface area contributed by atoms with Gasteiger partial charge in [0.25, 0.3) is 5.91 Å². The van der Waals surface area contributed by atoms with E-state index < -0.39 is 17.3 Å². The molecule has 1 aliphatic rings. The first-order valence-corrected chi connectivity index (χ1v) is 9.61. The number of rotatable bonds is 3. The lowest BCUT2D eigenvalue weighted by atomic mass is 9.93. The highest BCUT2D eigenvalue weighted by Gasteiger charge is 2.35. The van der Waals surface area contributed by atoms with Crippen LogP contribution in [0.5, 0.6) is 0 Å². The highest BCUT2D eigenvalue weighted by Crippen LogP contribution is 2.42. The van der Waals surface area contributed by atoms with E-state index in [2.05, 4.69) is 9.97 Å². The number of hydrogen-bond donors (Lipinski definition) is 1. The van der Waals surface area contributed by atoms with Gasteiger partial charge in [-0.3, -0.25) is 9.78 Å². The maximum Gasteiger partial charge on any atom is 0.417 e. The molecule has 0 spiro atoms. The lowest BCUT2D eigenvalue weighted by Gasteiger charge is -2.20. The van der Waals surface area contributed by atoms with Crippen LogP contribution >= 0.6 is 0 Å². The summed E-state index contributed by atoms with van der Waals surface area (Å²) in [5.41, 5.74) is 7.94. The summed E-state index contributed by atoms with van der Waals surface area (Å²) >= 11 is 0. The number of ether oxygens (including phenoxy) is 1. The van der Waals surface area contributed by atoms with E-state index in [0.717, 1.165) is 28.8 Å². The fourth-order valence-electron chi connectivity index (χ4n) is 3.85. The number of nitrogen functional groups attached to an aromatic ring is 1. The number of hydrogen-bond acceptors (Lipinski definition) is 5. The zero-order chi connectivity index (χ0) is 22.6. The molecule has 0 aliphatic carbocycles. The molecular formula is C22H21F3N4O2. The van der Waals surface area contributed by atoms with Gasteiger partial charge in [0, 0.05) is 29.8 Å². The first kappa shape index (κ1) is 21.0. The van der Waals surface area contributed by atoms with Crippen molar-refractivity contribution < 1.29 is 22.7 Å². The average Bonchev–Trinajstić information content (AvgIpc) is 3.03. The molecule has 9 heteroatoms. The van der Waals surface area contributed by atoms with Crippen molar-refractivity contribution in [2.24, 2.45) is 0 Å². The number of benzene rings is 1. The van der Waals surface area contributed by atoms with Crippen molar-refractivity contribution in [2.45, 2.75) is 38.8 Å². The van der Waals surface area contributed by atoms with Crippen LogP contribution in [-0.4, -0.2) is 27.8 Å². The van der Waals surface area contributed by atoms with Crippen molar-refractivity contribution in [3.8, 4) is 0 Å². The van der Waals surface area contributed by atoms with Crippen molar-refractivity contribution in [1.29, 1.82) is 0 Å². The molecule has 0 atom stereocenters. The van der Waals surface area contributed by atoms with Gasteiger partial charge in [0.1, 0.15) is 5.82 Å². The number of alkyl halides is 3. The maximum absolute atomic E-state index is 13.0. The van der Waals surface area contributed by atoms with E-state index in [1.807, 2.05) is 13.8 Å². The number of aromatic nitrogens is 2. The molecule has 3 aromatic rings. The van der Waals surface area contributed by atoms with E-state index in [0.29, 0.717) is 29.2 Å². The standard InChI is InChI=1S/C22H21F3N4O2/c1-21(2)18-16(11-31-21)15-8-12(4-7-17(15)28-19(18)26)20(30)29(3)10-14-6-5-13(9-27-14)22(23,24)25/h4-9H,10-11H2,1-3H3,(H2,26,28). The molecule has 0 saturated carbocycles. The summed E-state index contributed by atoms with van der Waals surface area (Å²) in [6.45, 7) is 4.28. The minimum atomic E-state index is -4.45. The normalized spacial score (nSPS) is 15.2. The van der Waals surface area contributed by atoms with Crippen LogP contribution in [0.2, 0.25) is 0 Å². The van der Waals surface area contributed by atoms with Gasteiger partial charge in [0.2, 0.25) is 0 Å². The van der Waals surface area contributed by atoms with Gasteiger partial charge in [0.05, 0.1) is 35.5 Å². The average molecular weight is 430 g/mol. The van der Waals surface area contributed by atoms with Gasteiger partial charge < -0.3 is 15.4 Å². The summed E-state index contributed by atoms with van der Waals surface area (Å²) < 4.78 is 44.0. The minimum absolute atomic E-state index is 0.0727. The Hall–Kier alpha value is -3.20. The van der Waals surface area contributed by atoms with E-state index in [1.54, 1.807) is 25.2 Å². The third-order valence-electron chi connectivity index (χ3n) is 5.44. The number of nitrogens with zero attached hydrogens (tertiary/aromatic N) is 3. The van der Waals surface area contributed by atoms with Crippen LogP contribution in [0.25, 0.3) is 10.9 Å². The van der Waals surface area contributed by atoms with E-state index in [9.17, 15) is 18.0 Å². The van der Waals surface area contributed by atoms with Crippen molar-refractivity contribution >= 4 is 22.6 Å². The lowest BCUT2D eigenvalue weighted by Crippen LogP contribution is -2.26. The van der Waals surface area contributed by atoms with E-state index in [4.69, 9.17) is 10.5 Å². The lowest BCUT2D eigenvalue weighted by molar-refractivity contribution is -0.137. The molecule has 1 aromatic carbocycles. The Balaban J connectivity index is 1.61. The fourth-order valence-corrected chi connectivity index (χ4v) is 3.85. The number of amides is 1. The first-order chi connectivity index (χ1) is 14.5. The quantitative estimate of drug-likeness (QED) is 0.671. The highest BCUT2D eigenvalue weighted by atomic mass is 19.4. The number of carbonyl (C=O) groups excluding carboxylic acids is 1. The van der Waals surface area contributed by atoms with Crippen LogP contribution in [-0.2, 0) is 29.7 Å². The van der Waals surface area contributed by atoms with Crippen LogP contribution in [0.3, 0.4) is 0 Å². The summed E-state index contributed by atoms with van der Waals surface area (Å²) in [7, 11) is 1.57. The van der Waals surface area contributed by atoms with Gasteiger partial charge in [-0.15, -0.1) is 0 Å². The van der Waals surface area contributed by atoms with E-state index >= 15 is 0 Å². The molecule has 0 saturated heterocycles. The SMILES string of the molecule is CN(Cc1ccc(C(F)(F)F)cn1)C(=O)c1ccc2nc(N)c3c(c2c1)COC3(C)C. The number of nitrogens with two attached hydrogens (primary N) is 1. The molecule has 0 radical (unpaired) electrons. The number of carbonyl (C=O) groups is 1. The molecule has 1 amide bonds. The monoisotopic (exact) mass is 430 g/mol. The van der Waals surface area contributed by atoms with Crippen molar-refractivity contribution in [3.63, 3.8) is 0 Å². The number of fused-ring (bicyclic) bond motifs is 3. The topological polar surface area (TPSA) is 81.3 Å². The zero-order valence-corrected chi connectivity index (χ0v) is 17.2. The Morgan fingerprint density at radius 1 is 1.26 bits per heavy atom. The second kappa shape index (κ2) is 7.19. The smallest absolute Gasteiger partial charge is 0.383 e. The van der Waals surface area contributed by atoms with Crippen LogP contribution in [0.15, 0.2) is 36.5 Å². The molecule has 4 rings (SSSR count). The Morgan fingerprint density at radius 3 is 2.65 bits per heavy atom. The molecule has 2 N–H and O–H groups in total. The number of anilines is 1. The molecule has 0 fully saturated rings. The van der Waals surface area contributed by atoms with Crippen molar-refractivity contribution in [2.75, 3.05) is 12.8 Å². The third-order valence-corrected chi connectivity index (χ3v) is 5.44. The van der Waals surface area contributed by atoms with E-state index in [-0.39, 0.29) is 12.5 Å². The van der Waals surface area contributed by atoms with Gasteiger partial charge in [-0.25, -0.2) is 4.98 Å². The predicted molar refractivity (Wildman–Crippen MR) is 109 cm³/mol. The maximum atomic E-state index is 13.0. The first-order valence-electron chi connectivity index (χ1n) is 9.61. The summed E-state index contributed by atoms with van der Waals surface area (Å²) in [6.07, 6.45) is -3.68. The second-order valence-corrected chi connectivity index (χ2v) is 8.08. The molecule has 0 bridgehead atoms. The van der Waals surface area contributed by atoms with Gasteiger partial charge in [-0.2, -0.15) is 13.2 Å². The molecule has 1 aliphatic heterocycles. The Bertz CT molecular complexity index is 1170. The summed E-state index contributed by atoms with van der Waals surface area (Å²) in [4.78, 5) is 22.6. The largest absolute Gasteiger partial charge is 0.417 e. The van der Waals surface area contributed by atoms with Crippen molar-refractivity contribution in [1.82, 2.24) is 14.9 Å². The highest BCUT2D eigenvalue weighted by molar-refractivity contribution is 5.99. The molecule has 0 unspecified atom stereocenters. The van der Waals surface area contributed by atoms with Gasteiger partial charge in [0.15, 0.2) is 0 Å². The van der Waals surface area contributed by atoms with Gasteiger partial charge >= 0.3 is 6.18 Å². The minimum Gasteiger partial charge on any atom is -0.383 e. The number of pyridine rings is 2. The zero-order valence-electron chi connectivity index (χ0n) is 17.2. The van der Waals surface area contributed by atoms with Crippen LogP contribution < -0.4 is 5.73 Å². The molecule has 3 heterocycles. The fraction of sp³-hybridized carbons (Fsp3) is 0.318. The third kappa shape index (κ3) is 3.81. The van der Waals surface area contributed by atoms with Gasteiger partial charge in [-0.1, -0.05) is 0 Å². The van der Waals surface area contributed by atoms with Crippen LogP contribution in [0.1, 0.15) is 46.6 Å². The number of halogens is 3. The van der Waals surface area contributed by atoms with E-state index in [1.165, 1.54) is 11.0 Å². The molecule has 31 heavy (non-hydrogen) atoms. The second-order valence-electron chi connectivity index (χ2n) is 8.08. The Labute approximate surface area is 176 Å². The molecular weight excluding hydrogens is 409 g/mol. The Morgan fingerprint density at radius 2 is 2.00 bits per heavy atom. The molecule has 162 valence electrons. The summed E-state index contributed by atoms with van der Waals surface area (Å²) in [5.74, 6) is 0.127. The van der Waals surface area contributed by atoms with Gasteiger partial charge in [-0.05, 0) is 49.7 Å². The van der Waals surface area contributed by atoms with Crippen molar-refractivity contribution in [3.05, 3.63) is 64.5 Å². The summed E-state index contributed by atoms with van der Waals surface area (Å²) in [5, 5.41) is 0.793.